The van der Waals surface area contributed by atoms with E-state index in [2.05, 4.69) is 4.74 Å². The molecular weight excluding hydrogens is 270 g/mol. The second kappa shape index (κ2) is 7.11. The van der Waals surface area contributed by atoms with Gasteiger partial charge in [0.1, 0.15) is 12.4 Å². The first-order valence-corrected chi connectivity index (χ1v) is 7.14. The summed E-state index contributed by atoms with van der Waals surface area (Å²) in [6.45, 7) is 0.962. The van der Waals surface area contributed by atoms with Crippen molar-refractivity contribution in [3.05, 3.63) is 29.8 Å². The molecule has 0 saturated heterocycles. The number of hydrogen-bond donors (Lipinski definition) is 0. The summed E-state index contributed by atoms with van der Waals surface area (Å²) in [4.78, 5) is 25.1. The highest BCUT2D eigenvalue weighted by Gasteiger charge is 2.27. The summed E-state index contributed by atoms with van der Waals surface area (Å²) in [6.07, 6.45) is 1.65. The minimum Gasteiger partial charge on any atom is -0.492 e. The number of carbonyl (C=O) groups excluding carboxylic acids is 2. The Morgan fingerprint density at radius 2 is 2.14 bits per heavy atom. The lowest BCUT2D eigenvalue weighted by Crippen LogP contribution is -2.39. The van der Waals surface area contributed by atoms with E-state index in [4.69, 9.17) is 4.74 Å². The third kappa shape index (κ3) is 3.97. The maximum absolute atomic E-state index is 12.4. The zero-order valence-corrected chi connectivity index (χ0v) is 12.5. The molecule has 1 aromatic carbocycles. The molecule has 1 heterocycles. The molecule has 21 heavy (non-hydrogen) atoms. The van der Waals surface area contributed by atoms with E-state index in [-0.39, 0.29) is 17.8 Å². The molecule has 0 spiro atoms. The number of benzene rings is 1. The number of amides is 1. The number of carbonyl (C=O) groups is 2. The third-order valence-corrected chi connectivity index (χ3v) is 3.71. The van der Waals surface area contributed by atoms with Crippen LogP contribution in [0.2, 0.25) is 0 Å². The third-order valence-electron chi connectivity index (χ3n) is 3.71. The van der Waals surface area contributed by atoms with Crippen LogP contribution in [0, 0.1) is 5.92 Å². The van der Waals surface area contributed by atoms with Gasteiger partial charge in [-0.15, -0.1) is 0 Å². The van der Waals surface area contributed by atoms with Crippen LogP contribution in [0.15, 0.2) is 24.3 Å². The fourth-order valence-corrected chi connectivity index (χ4v) is 2.47. The van der Waals surface area contributed by atoms with Gasteiger partial charge in [0.15, 0.2) is 0 Å². The van der Waals surface area contributed by atoms with Crippen molar-refractivity contribution in [2.75, 3.05) is 27.3 Å². The molecule has 1 amide bonds. The number of ether oxygens (including phenoxy) is 2. The van der Waals surface area contributed by atoms with E-state index in [0.717, 1.165) is 11.3 Å². The van der Waals surface area contributed by atoms with E-state index in [9.17, 15) is 9.59 Å². The predicted molar refractivity (Wildman–Crippen MR) is 78.0 cm³/mol. The topological polar surface area (TPSA) is 55.8 Å². The molecule has 1 aliphatic rings. The Labute approximate surface area is 124 Å². The Bertz CT molecular complexity index is 515. The van der Waals surface area contributed by atoms with Crippen LogP contribution in [0.25, 0.3) is 0 Å². The average molecular weight is 291 g/mol. The van der Waals surface area contributed by atoms with Crippen LogP contribution in [-0.2, 0) is 20.7 Å². The van der Waals surface area contributed by atoms with Gasteiger partial charge >= 0.3 is 5.97 Å². The van der Waals surface area contributed by atoms with Gasteiger partial charge in [-0.05, 0) is 24.5 Å². The molecule has 0 fully saturated rings. The van der Waals surface area contributed by atoms with Crippen LogP contribution in [0.4, 0.5) is 0 Å². The summed E-state index contributed by atoms with van der Waals surface area (Å²) in [5, 5.41) is 0. The number of fused-ring (bicyclic) bond motifs is 1. The molecule has 0 radical (unpaired) electrons. The van der Waals surface area contributed by atoms with Gasteiger partial charge < -0.3 is 14.4 Å². The van der Waals surface area contributed by atoms with Gasteiger partial charge in [-0.3, -0.25) is 9.59 Å². The molecule has 1 atom stereocenters. The largest absolute Gasteiger partial charge is 0.492 e. The first-order valence-electron chi connectivity index (χ1n) is 7.14. The molecule has 0 N–H and O–H groups in total. The normalized spacial score (nSPS) is 16.6. The number of methoxy groups -OCH3 is 1. The minimum atomic E-state index is -0.245. The zero-order valence-electron chi connectivity index (χ0n) is 12.5. The molecule has 0 aliphatic carbocycles. The van der Waals surface area contributed by atoms with Gasteiger partial charge in [0, 0.05) is 20.0 Å². The van der Waals surface area contributed by atoms with Crippen molar-refractivity contribution in [3.63, 3.8) is 0 Å². The Balaban J connectivity index is 1.85. The molecule has 0 bridgehead atoms. The maximum Gasteiger partial charge on any atom is 0.305 e. The molecule has 1 unspecified atom stereocenters. The maximum atomic E-state index is 12.4. The Morgan fingerprint density at radius 3 is 2.90 bits per heavy atom. The van der Waals surface area contributed by atoms with E-state index >= 15 is 0 Å². The molecule has 5 nitrogen and oxygen atoms in total. The molecule has 1 aliphatic heterocycles. The van der Waals surface area contributed by atoms with Crippen molar-refractivity contribution in [2.45, 2.75) is 19.3 Å². The van der Waals surface area contributed by atoms with Crippen molar-refractivity contribution >= 4 is 11.9 Å². The molecule has 0 saturated carbocycles. The van der Waals surface area contributed by atoms with Gasteiger partial charge in [0.2, 0.25) is 5.91 Å². The van der Waals surface area contributed by atoms with Crippen molar-refractivity contribution in [2.24, 2.45) is 5.92 Å². The van der Waals surface area contributed by atoms with Crippen molar-refractivity contribution in [3.8, 4) is 5.75 Å². The van der Waals surface area contributed by atoms with Gasteiger partial charge in [0.25, 0.3) is 0 Å². The summed E-state index contributed by atoms with van der Waals surface area (Å²) >= 11 is 0. The van der Waals surface area contributed by atoms with Crippen LogP contribution < -0.4 is 4.74 Å². The second-order valence-electron chi connectivity index (χ2n) is 5.26. The summed E-state index contributed by atoms with van der Waals surface area (Å²) < 4.78 is 10.2. The van der Waals surface area contributed by atoms with Gasteiger partial charge in [-0.25, -0.2) is 0 Å². The molecule has 0 aromatic heterocycles. The monoisotopic (exact) mass is 291 g/mol. The minimum absolute atomic E-state index is 0.0642. The lowest BCUT2D eigenvalue weighted by Gasteiger charge is -2.28. The van der Waals surface area contributed by atoms with Crippen LogP contribution in [0.5, 0.6) is 5.75 Å². The summed E-state index contributed by atoms with van der Waals surface area (Å²) in [7, 11) is 3.13. The van der Waals surface area contributed by atoms with E-state index in [1.807, 2.05) is 24.3 Å². The number of rotatable bonds is 5. The number of esters is 1. The SMILES string of the molecule is COC(=O)CCCN(C)C(=O)C1COc2ccccc2C1. The highest BCUT2D eigenvalue weighted by Crippen LogP contribution is 2.27. The van der Waals surface area contributed by atoms with Crippen LogP contribution in [0.3, 0.4) is 0 Å². The van der Waals surface area contributed by atoms with Gasteiger partial charge in [-0.1, -0.05) is 18.2 Å². The predicted octanol–water partition coefficient (Wildman–Crippen LogP) is 1.65. The Morgan fingerprint density at radius 1 is 1.38 bits per heavy atom. The smallest absolute Gasteiger partial charge is 0.305 e. The van der Waals surface area contributed by atoms with E-state index in [1.54, 1.807) is 11.9 Å². The molecule has 2 rings (SSSR count). The fourth-order valence-electron chi connectivity index (χ4n) is 2.47. The van der Waals surface area contributed by atoms with Crippen LogP contribution in [0.1, 0.15) is 18.4 Å². The lowest BCUT2D eigenvalue weighted by molar-refractivity contribution is -0.141. The molecule has 114 valence electrons. The van der Waals surface area contributed by atoms with Crippen molar-refractivity contribution < 1.29 is 19.1 Å². The Kier molecular flexibility index (Phi) is 5.20. The fraction of sp³-hybridized carbons (Fsp3) is 0.500. The molecule has 1 aromatic rings. The summed E-state index contributed by atoms with van der Waals surface area (Å²) in [5.74, 6) is 0.540. The number of para-hydroxylation sites is 1. The quantitative estimate of drug-likeness (QED) is 0.774. The van der Waals surface area contributed by atoms with E-state index in [0.29, 0.717) is 32.4 Å². The first kappa shape index (κ1) is 15.4. The zero-order chi connectivity index (χ0) is 15.2. The van der Waals surface area contributed by atoms with Gasteiger partial charge in [0.05, 0.1) is 13.0 Å². The van der Waals surface area contributed by atoms with E-state index in [1.165, 1.54) is 7.11 Å². The highest BCUT2D eigenvalue weighted by atomic mass is 16.5. The number of hydrogen-bond acceptors (Lipinski definition) is 4. The highest BCUT2D eigenvalue weighted by molar-refractivity contribution is 5.79. The first-order chi connectivity index (χ1) is 10.1. The standard InChI is InChI=1S/C16H21NO4/c1-17(9-5-8-15(18)20-2)16(19)13-10-12-6-3-4-7-14(12)21-11-13/h3-4,6-7,13H,5,8-11H2,1-2H3. The van der Waals surface area contributed by atoms with Crippen molar-refractivity contribution in [1.82, 2.24) is 4.90 Å². The van der Waals surface area contributed by atoms with Crippen LogP contribution in [-0.4, -0.2) is 44.1 Å². The van der Waals surface area contributed by atoms with E-state index < -0.39 is 0 Å². The summed E-state index contributed by atoms with van der Waals surface area (Å²) in [6, 6.07) is 7.80. The average Bonchev–Trinajstić information content (AvgIpc) is 2.53. The second-order valence-corrected chi connectivity index (χ2v) is 5.26. The molecule has 5 heteroatoms. The Hall–Kier alpha value is -2.04. The van der Waals surface area contributed by atoms with Crippen LogP contribution >= 0.6 is 0 Å². The lowest BCUT2D eigenvalue weighted by atomic mass is 9.95. The van der Waals surface area contributed by atoms with Crippen molar-refractivity contribution in [1.29, 1.82) is 0 Å². The summed E-state index contributed by atoms with van der Waals surface area (Å²) in [5.41, 5.74) is 1.07. The van der Waals surface area contributed by atoms with Gasteiger partial charge in [-0.2, -0.15) is 0 Å². The number of nitrogens with zero attached hydrogens (tertiary/aromatic N) is 1. The molecular formula is C16H21NO4.